The molecule has 32 heavy (non-hydrogen) atoms. The zero-order valence-electron chi connectivity index (χ0n) is 16.2. The van der Waals surface area contributed by atoms with Crippen molar-refractivity contribution in [1.82, 2.24) is 4.90 Å². The van der Waals surface area contributed by atoms with E-state index in [0.717, 1.165) is 12.1 Å². The predicted octanol–water partition coefficient (Wildman–Crippen LogP) is 5.70. The van der Waals surface area contributed by atoms with Gasteiger partial charge in [-0.25, -0.2) is 4.39 Å². The molecular weight excluding hydrogens is 461 g/mol. The first-order valence-corrected chi connectivity index (χ1v) is 10.00. The summed E-state index contributed by atoms with van der Waals surface area (Å²) < 4.78 is 91.7. The minimum Gasteiger partial charge on any atom is -0.343 e. The molecule has 1 aliphatic rings. The van der Waals surface area contributed by atoms with Gasteiger partial charge in [0.15, 0.2) is 0 Å². The van der Waals surface area contributed by atoms with E-state index in [0.29, 0.717) is 47.5 Å². The smallest absolute Gasteiger partial charge is 0.343 e. The average Bonchev–Trinajstić information content (AvgIpc) is 3.16. The number of carbonyl (C=O) groups is 1. The first-order valence-electron chi connectivity index (χ1n) is 9.18. The van der Waals surface area contributed by atoms with Gasteiger partial charge in [0.25, 0.3) is 0 Å². The summed E-state index contributed by atoms with van der Waals surface area (Å²) in [6.45, 7) is 0.449. The predicted molar refractivity (Wildman–Crippen MR) is 102 cm³/mol. The molecular formula is C21H15F7N2OS. The molecule has 0 N–H and O–H groups in total. The van der Waals surface area contributed by atoms with E-state index in [1.165, 1.54) is 16.7 Å². The van der Waals surface area contributed by atoms with Crippen LogP contribution < -0.4 is 0 Å². The van der Waals surface area contributed by atoms with Crippen molar-refractivity contribution in [2.45, 2.75) is 34.1 Å². The van der Waals surface area contributed by atoms with Gasteiger partial charge in [0.1, 0.15) is 0 Å². The Kier molecular flexibility index (Phi) is 6.21. The number of rotatable bonds is 5. The van der Waals surface area contributed by atoms with E-state index in [4.69, 9.17) is 5.26 Å². The van der Waals surface area contributed by atoms with Crippen LogP contribution in [0.4, 0.5) is 30.7 Å². The van der Waals surface area contributed by atoms with Crippen LogP contribution in [-0.2, 0) is 15.2 Å². The van der Waals surface area contributed by atoms with Gasteiger partial charge < -0.3 is 4.90 Å². The average molecular weight is 476 g/mol. The molecule has 3 nitrogen and oxygen atoms in total. The largest absolute Gasteiger partial charge is 0.435 e. The van der Waals surface area contributed by atoms with Crippen LogP contribution >= 0.6 is 11.8 Å². The van der Waals surface area contributed by atoms with Gasteiger partial charge >= 0.3 is 18.0 Å². The summed E-state index contributed by atoms with van der Waals surface area (Å²) >= 11 is 1.23. The van der Waals surface area contributed by atoms with E-state index in [-0.39, 0.29) is 6.54 Å². The van der Waals surface area contributed by atoms with Crippen molar-refractivity contribution in [3.05, 3.63) is 65.2 Å². The Balaban J connectivity index is 2.04. The van der Waals surface area contributed by atoms with E-state index in [9.17, 15) is 35.5 Å². The summed E-state index contributed by atoms with van der Waals surface area (Å²) in [6.07, 6.45) is -11.4. The van der Waals surface area contributed by atoms with Gasteiger partial charge in [-0.15, -0.1) is 11.8 Å². The molecule has 0 aliphatic carbocycles. The third-order valence-corrected chi connectivity index (χ3v) is 6.73. The highest BCUT2D eigenvalue weighted by atomic mass is 32.2. The molecule has 3 rings (SSSR count). The number of thioether (sulfide) groups is 1. The SMILES string of the molecule is N#Cc1cccc(SC2(c3ccc(C(F)(C(F)(F)F)C(F)(F)F)cc3)CCN(C=O)C2)c1. The Labute approximate surface area is 182 Å². The fourth-order valence-corrected chi connectivity index (χ4v) is 5.09. The molecule has 1 heterocycles. The molecule has 1 saturated heterocycles. The van der Waals surface area contributed by atoms with E-state index >= 15 is 0 Å². The van der Waals surface area contributed by atoms with Crippen LogP contribution in [-0.4, -0.2) is 36.8 Å². The maximum Gasteiger partial charge on any atom is 0.435 e. The van der Waals surface area contributed by atoms with Crippen molar-refractivity contribution in [2.75, 3.05) is 13.1 Å². The summed E-state index contributed by atoms with van der Waals surface area (Å²) in [5.74, 6) is 0. The van der Waals surface area contributed by atoms with Gasteiger partial charge in [-0.2, -0.15) is 31.6 Å². The first kappa shape index (κ1) is 23.9. The maximum atomic E-state index is 14.3. The maximum absolute atomic E-state index is 14.3. The van der Waals surface area contributed by atoms with Gasteiger partial charge in [0.05, 0.1) is 16.4 Å². The summed E-state index contributed by atoms with van der Waals surface area (Å²) in [5, 5.41) is 9.09. The van der Waals surface area contributed by atoms with Gasteiger partial charge in [-0.3, -0.25) is 4.79 Å². The van der Waals surface area contributed by atoms with E-state index < -0.39 is 28.3 Å². The lowest BCUT2D eigenvalue weighted by Gasteiger charge is -2.32. The Morgan fingerprint density at radius 3 is 2.12 bits per heavy atom. The normalized spacial score (nSPS) is 19.6. The summed E-state index contributed by atoms with van der Waals surface area (Å²) in [7, 11) is 0. The number of nitrogens with zero attached hydrogens (tertiary/aromatic N) is 2. The number of carbonyl (C=O) groups excluding carboxylic acids is 1. The van der Waals surface area contributed by atoms with E-state index in [1.807, 2.05) is 6.07 Å². The first-order chi connectivity index (χ1) is 14.9. The number of amides is 1. The lowest BCUT2D eigenvalue weighted by atomic mass is 9.90. The Hall–Kier alpha value is -2.74. The Bertz CT molecular complexity index is 1020. The minimum atomic E-state index is -6.20. The number of benzene rings is 2. The van der Waals surface area contributed by atoms with Crippen LogP contribution in [0.1, 0.15) is 23.1 Å². The minimum absolute atomic E-state index is 0.136. The molecule has 1 unspecified atom stereocenters. The molecule has 1 amide bonds. The molecule has 0 spiro atoms. The standard InChI is InChI=1S/C21H15F7N2OS/c22-19(20(23,24)25,21(26,27)28)16-6-4-15(5-7-16)18(8-9-30(12-18)13-31)32-17-3-1-2-14(10-17)11-29/h1-7,10,13H,8-9,12H2. The summed E-state index contributed by atoms with van der Waals surface area (Å²) in [5.41, 5.74) is -6.38. The van der Waals surface area contributed by atoms with Crippen LogP contribution in [0.25, 0.3) is 0 Å². The van der Waals surface area contributed by atoms with Gasteiger partial charge in [0, 0.05) is 23.5 Å². The second kappa shape index (κ2) is 8.31. The molecule has 1 fully saturated rings. The number of halogens is 7. The second-order valence-corrected chi connectivity index (χ2v) is 8.75. The summed E-state index contributed by atoms with van der Waals surface area (Å²) in [6, 6.07) is 11.5. The Morgan fingerprint density at radius 2 is 1.62 bits per heavy atom. The molecule has 0 bridgehead atoms. The van der Waals surface area contributed by atoms with Crippen molar-refractivity contribution in [1.29, 1.82) is 5.26 Å². The van der Waals surface area contributed by atoms with Crippen LogP contribution in [0.3, 0.4) is 0 Å². The van der Waals surface area contributed by atoms with Crippen molar-refractivity contribution >= 4 is 18.2 Å². The highest BCUT2D eigenvalue weighted by molar-refractivity contribution is 8.00. The number of hydrogen-bond donors (Lipinski definition) is 0. The lowest BCUT2D eigenvalue weighted by molar-refractivity contribution is -0.348. The molecule has 11 heteroatoms. The molecule has 170 valence electrons. The van der Waals surface area contributed by atoms with Crippen LogP contribution in [0.2, 0.25) is 0 Å². The zero-order chi connectivity index (χ0) is 23.8. The molecule has 1 atom stereocenters. The fourth-order valence-electron chi connectivity index (χ4n) is 3.62. The van der Waals surface area contributed by atoms with Crippen LogP contribution in [0.5, 0.6) is 0 Å². The number of nitriles is 1. The van der Waals surface area contributed by atoms with Crippen molar-refractivity contribution in [2.24, 2.45) is 0 Å². The summed E-state index contributed by atoms with van der Waals surface area (Å²) in [4.78, 5) is 13.3. The Morgan fingerprint density at radius 1 is 1.00 bits per heavy atom. The van der Waals surface area contributed by atoms with Crippen molar-refractivity contribution < 1.29 is 35.5 Å². The monoisotopic (exact) mass is 476 g/mol. The van der Waals surface area contributed by atoms with Crippen molar-refractivity contribution in [3.63, 3.8) is 0 Å². The number of alkyl halides is 7. The number of hydrogen-bond acceptors (Lipinski definition) is 3. The van der Waals surface area contributed by atoms with Gasteiger partial charge in [0.2, 0.25) is 6.41 Å². The van der Waals surface area contributed by atoms with Crippen LogP contribution in [0.15, 0.2) is 53.4 Å². The fraction of sp³-hybridized carbons (Fsp3) is 0.333. The molecule has 0 radical (unpaired) electrons. The molecule has 2 aromatic rings. The number of likely N-dealkylation sites (tertiary alicyclic amines) is 1. The quantitative estimate of drug-likeness (QED) is 0.411. The van der Waals surface area contributed by atoms with Gasteiger partial charge in [-0.1, -0.05) is 30.3 Å². The second-order valence-electron chi connectivity index (χ2n) is 7.29. The zero-order valence-corrected chi connectivity index (χ0v) is 17.0. The topological polar surface area (TPSA) is 44.1 Å². The van der Waals surface area contributed by atoms with Gasteiger partial charge in [-0.05, 0) is 30.2 Å². The molecule has 1 aliphatic heterocycles. The molecule has 2 aromatic carbocycles. The highest BCUT2D eigenvalue weighted by Gasteiger charge is 2.73. The third kappa shape index (κ3) is 4.16. The third-order valence-electron chi connectivity index (χ3n) is 5.28. The molecule has 0 aromatic heterocycles. The van der Waals surface area contributed by atoms with E-state index in [1.54, 1.807) is 24.3 Å². The van der Waals surface area contributed by atoms with E-state index in [2.05, 4.69) is 0 Å². The van der Waals surface area contributed by atoms with Crippen molar-refractivity contribution in [3.8, 4) is 6.07 Å². The lowest BCUT2D eigenvalue weighted by Crippen LogP contribution is -2.50. The molecule has 0 saturated carbocycles. The highest BCUT2D eigenvalue weighted by Crippen LogP contribution is 2.54. The van der Waals surface area contributed by atoms with Crippen LogP contribution in [0, 0.1) is 11.3 Å².